The number of nitrogens with zero attached hydrogens (tertiary/aromatic N) is 4. The van der Waals surface area contributed by atoms with Crippen molar-refractivity contribution in [3.8, 4) is 0 Å². The van der Waals surface area contributed by atoms with Gasteiger partial charge in [0.25, 0.3) is 0 Å². The Morgan fingerprint density at radius 1 is 1.45 bits per heavy atom. The molecule has 1 aliphatic heterocycles. The average molecular weight is 276 g/mol. The van der Waals surface area contributed by atoms with Crippen molar-refractivity contribution in [1.29, 1.82) is 5.41 Å². The summed E-state index contributed by atoms with van der Waals surface area (Å²) in [7, 11) is 2.16. The van der Waals surface area contributed by atoms with E-state index in [1.54, 1.807) is 6.07 Å². The normalized spacial score (nSPS) is 20.8. The Bertz CT molecular complexity index is 487. The first-order valence-electron chi connectivity index (χ1n) is 7.16. The second-order valence-corrected chi connectivity index (χ2v) is 5.48. The number of hydrogen-bond acceptors (Lipinski definition) is 5. The van der Waals surface area contributed by atoms with Gasteiger partial charge in [0.05, 0.1) is 0 Å². The molecule has 1 unspecified atom stereocenters. The van der Waals surface area contributed by atoms with Crippen LogP contribution >= 0.6 is 0 Å². The van der Waals surface area contributed by atoms with E-state index in [9.17, 15) is 0 Å². The minimum absolute atomic E-state index is 0.00302. The number of likely N-dealkylation sites (N-methyl/N-ethyl adjacent to an activating group) is 1. The summed E-state index contributed by atoms with van der Waals surface area (Å²) in [6, 6.07) is 2.17. The maximum absolute atomic E-state index is 7.57. The Kier molecular flexibility index (Phi) is 4.54. The van der Waals surface area contributed by atoms with E-state index in [0.29, 0.717) is 17.7 Å². The number of nitrogens with two attached hydrogens (primary N) is 1. The maximum Gasteiger partial charge on any atom is 0.226 e. The lowest BCUT2D eigenvalue weighted by atomic mass is 10.2. The smallest absolute Gasteiger partial charge is 0.226 e. The van der Waals surface area contributed by atoms with Gasteiger partial charge in [-0.15, -0.1) is 0 Å². The van der Waals surface area contributed by atoms with Crippen LogP contribution in [0.5, 0.6) is 0 Å². The molecular formula is C14H24N6. The Hall–Kier alpha value is -1.69. The van der Waals surface area contributed by atoms with Gasteiger partial charge in [-0.2, -0.15) is 0 Å². The number of aryl methyl sites for hydroxylation is 1. The van der Waals surface area contributed by atoms with E-state index >= 15 is 0 Å². The SMILES string of the molecule is CCC1CN(C)CCCN1c1nc(C)cc(C(=N)N)n1. The van der Waals surface area contributed by atoms with Gasteiger partial charge in [-0.05, 0) is 39.4 Å². The molecule has 0 aromatic carbocycles. The molecule has 0 amide bonds. The van der Waals surface area contributed by atoms with Gasteiger partial charge in [0.15, 0.2) is 0 Å². The summed E-state index contributed by atoms with van der Waals surface area (Å²) in [4.78, 5) is 13.6. The molecule has 1 fully saturated rings. The van der Waals surface area contributed by atoms with Gasteiger partial charge >= 0.3 is 0 Å². The second-order valence-electron chi connectivity index (χ2n) is 5.48. The van der Waals surface area contributed by atoms with E-state index in [1.165, 1.54) is 0 Å². The van der Waals surface area contributed by atoms with Crippen molar-refractivity contribution in [2.45, 2.75) is 32.7 Å². The molecule has 0 bridgehead atoms. The van der Waals surface area contributed by atoms with Gasteiger partial charge in [0.1, 0.15) is 11.5 Å². The summed E-state index contributed by atoms with van der Waals surface area (Å²) in [5.74, 6) is 0.703. The van der Waals surface area contributed by atoms with Crippen molar-refractivity contribution in [2.24, 2.45) is 5.73 Å². The minimum atomic E-state index is -0.00302. The maximum atomic E-state index is 7.57. The average Bonchev–Trinajstić information content (AvgIpc) is 2.59. The third kappa shape index (κ3) is 3.25. The molecule has 110 valence electrons. The van der Waals surface area contributed by atoms with E-state index in [-0.39, 0.29) is 5.84 Å². The van der Waals surface area contributed by atoms with Crippen LogP contribution in [0.15, 0.2) is 6.07 Å². The van der Waals surface area contributed by atoms with E-state index in [0.717, 1.165) is 38.2 Å². The first-order chi connectivity index (χ1) is 9.51. The summed E-state index contributed by atoms with van der Waals surface area (Å²) < 4.78 is 0. The zero-order chi connectivity index (χ0) is 14.7. The lowest BCUT2D eigenvalue weighted by molar-refractivity contribution is 0.327. The highest BCUT2D eigenvalue weighted by Crippen LogP contribution is 2.19. The first kappa shape index (κ1) is 14.7. The molecule has 6 heteroatoms. The Labute approximate surface area is 120 Å². The number of rotatable bonds is 3. The summed E-state index contributed by atoms with van der Waals surface area (Å²) in [6.07, 6.45) is 2.15. The van der Waals surface area contributed by atoms with Gasteiger partial charge in [-0.3, -0.25) is 5.41 Å². The molecule has 0 saturated carbocycles. The van der Waals surface area contributed by atoms with Crippen LogP contribution in [0.2, 0.25) is 0 Å². The van der Waals surface area contributed by atoms with Crippen molar-refractivity contribution in [3.05, 3.63) is 17.5 Å². The van der Waals surface area contributed by atoms with Crippen LogP contribution in [0.4, 0.5) is 5.95 Å². The Balaban J connectivity index is 2.34. The van der Waals surface area contributed by atoms with Crippen LogP contribution in [-0.2, 0) is 0 Å². The van der Waals surface area contributed by atoms with E-state index in [2.05, 4.69) is 33.7 Å². The lowest BCUT2D eigenvalue weighted by Gasteiger charge is -2.30. The third-order valence-corrected chi connectivity index (χ3v) is 3.75. The quantitative estimate of drug-likeness (QED) is 0.635. The summed E-state index contributed by atoms with van der Waals surface area (Å²) in [6.45, 7) is 7.17. The van der Waals surface area contributed by atoms with Crippen LogP contribution < -0.4 is 10.6 Å². The fourth-order valence-electron chi connectivity index (χ4n) is 2.68. The van der Waals surface area contributed by atoms with Crippen molar-refractivity contribution in [1.82, 2.24) is 14.9 Å². The van der Waals surface area contributed by atoms with Gasteiger partial charge in [-0.25, -0.2) is 9.97 Å². The van der Waals surface area contributed by atoms with Crippen molar-refractivity contribution in [2.75, 3.05) is 31.6 Å². The lowest BCUT2D eigenvalue weighted by Crippen LogP contribution is -2.41. The van der Waals surface area contributed by atoms with Crippen LogP contribution in [0, 0.1) is 12.3 Å². The molecular weight excluding hydrogens is 252 g/mol. The highest BCUT2D eigenvalue weighted by molar-refractivity contribution is 5.93. The summed E-state index contributed by atoms with van der Waals surface area (Å²) in [5, 5.41) is 7.57. The van der Waals surface area contributed by atoms with Gasteiger partial charge in [-0.1, -0.05) is 6.92 Å². The second kappa shape index (κ2) is 6.17. The number of hydrogen-bond donors (Lipinski definition) is 2. The minimum Gasteiger partial charge on any atom is -0.382 e. The highest BCUT2D eigenvalue weighted by Gasteiger charge is 2.24. The Morgan fingerprint density at radius 3 is 2.85 bits per heavy atom. The van der Waals surface area contributed by atoms with Crippen LogP contribution in [-0.4, -0.2) is 53.4 Å². The van der Waals surface area contributed by atoms with Gasteiger partial charge < -0.3 is 15.5 Å². The van der Waals surface area contributed by atoms with Crippen molar-refractivity contribution in [3.63, 3.8) is 0 Å². The molecule has 1 aromatic rings. The molecule has 1 aromatic heterocycles. The molecule has 3 N–H and O–H groups in total. The molecule has 20 heavy (non-hydrogen) atoms. The molecule has 6 nitrogen and oxygen atoms in total. The number of aromatic nitrogens is 2. The van der Waals surface area contributed by atoms with Crippen molar-refractivity contribution < 1.29 is 0 Å². The van der Waals surface area contributed by atoms with E-state index in [4.69, 9.17) is 11.1 Å². The molecule has 1 atom stereocenters. The third-order valence-electron chi connectivity index (χ3n) is 3.75. The topological polar surface area (TPSA) is 82.1 Å². The molecule has 1 saturated heterocycles. The van der Waals surface area contributed by atoms with Crippen LogP contribution in [0.1, 0.15) is 31.2 Å². The van der Waals surface area contributed by atoms with Crippen molar-refractivity contribution >= 4 is 11.8 Å². The molecule has 1 aliphatic rings. The molecule has 0 radical (unpaired) electrons. The molecule has 2 heterocycles. The van der Waals surface area contributed by atoms with Gasteiger partial charge in [0.2, 0.25) is 5.95 Å². The fourth-order valence-corrected chi connectivity index (χ4v) is 2.68. The van der Waals surface area contributed by atoms with E-state index < -0.39 is 0 Å². The summed E-state index contributed by atoms with van der Waals surface area (Å²) >= 11 is 0. The zero-order valence-corrected chi connectivity index (χ0v) is 12.6. The van der Waals surface area contributed by atoms with Crippen LogP contribution in [0.3, 0.4) is 0 Å². The molecule has 2 rings (SSSR count). The predicted molar refractivity (Wildman–Crippen MR) is 81.3 cm³/mol. The highest BCUT2D eigenvalue weighted by atomic mass is 15.3. The Morgan fingerprint density at radius 2 is 2.20 bits per heavy atom. The summed E-state index contributed by atoms with van der Waals surface area (Å²) in [5.41, 5.74) is 6.94. The number of nitrogens with one attached hydrogen (secondary N) is 1. The standard InChI is InChI=1S/C14H24N6/c1-4-11-9-19(3)6-5-7-20(11)14-17-10(2)8-12(18-14)13(15)16/h8,11H,4-7,9H2,1-3H3,(H3,15,16). The molecule has 0 spiro atoms. The van der Waals surface area contributed by atoms with Crippen LogP contribution in [0.25, 0.3) is 0 Å². The van der Waals surface area contributed by atoms with E-state index in [1.807, 2.05) is 6.92 Å². The van der Waals surface area contributed by atoms with Gasteiger partial charge in [0, 0.05) is 24.8 Å². The first-order valence-corrected chi connectivity index (χ1v) is 7.16. The number of anilines is 1. The zero-order valence-electron chi connectivity index (χ0n) is 12.6. The fraction of sp³-hybridized carbons (Fsp3) is 0.643. The number of amidine groups is 1. The monoisotopic (exact) mass is 276 g/mol. The number of nitrogen functional groups attached to an aromatic ring is 1. The largest absolute Gasteiger partial charge is 0.382 e. The predicted octanol–water partition coefficient (Wildman–Crippen LogP) is 0.990. The molecule has 0 aliphatic carbocycles.